The Kier molecular flexibility index (Phi) is 5.82. The molecule has 2 heterocycles. The van der Waals surface area contributed by atoms with Crippen LogP contribution in [-0.4, -0.2) is 45.8 Å². The summed E-state index contributed by atoms with van der Waals surface area (Å²) in [6.45, 7) is 11.8. The third-order valence-electron chi connectivity index (χ3n) is 5.63. The maximum atomic E-state index is 12.4. The van der Waals surface area contributed by atoms with Gasteiger partial charge in [0.15, 0.2) is 0 Å². The molecule has 2 aliphatic rings. The molecule has 0 bridgehead atoms. The van der Waals surface area contributed by atoms with Crippen LogP contribution in [0.5, 0.6) is 0 Å². The number of carbonyl (C=O) groups excluding carboxylic acids is 1. The fourth-order valence-corrected chi connectivity index (χ4v) is 4.01. The first-order chi connectivity index (χ1) is 11.9. The molecule has 1 amide bonds. The van der Waals surface area contributed by atoms with Crippen molar-refractivity contribution in [3.63, 3.8) is 0 Å². The Morgan fingerprint density at radius 2 is 1.88 bits per heavy atom. The molecular weight excluding hydrogens is 312 g/mol. The first-order valence-corrected chi connectivity index (χ1v) is 10.00. The fourth-order valence-electron chi connectivity index (χ4n) is 4.01. The van der Waals surface area contributed by atoms with Crippen LogP contribution in [0.2, 0.25) is 0 Å². The summed E-state index contributed by atoms with van der Waals surface area (Å²) in [4.78, 5) is 15.0. The van der Waals surface area contributed by atoms with Crippen molar-refractivity contribution >= 4 is 5.91 Å². The number of hydrogen-bond acceptors (Lipinski definition) is 3. The van der Waals surface area contributed by atoms with Crippen molar-refractivity contribution in [3.8, 4) is 0 Å². The van der Waals surface area contributed by atoms with Gasteiger partial charge < -0.3 is 10.2 Å². The molecule has 140 valence electrons. The molecule has 5 heteroatoms. The molecule has 3 rings (SSSR count). The highest BCUT2D eigenvalue weighted by atomic mass is 16.1. The molecule has 0 aromatic carbocycles. The molecular formula is C20H34N4O. The summed E-state index contributed by atoms with van der Waals surface area (Å²) in [5.74, 6) is 0.774. The Balaban J connectivity index is 1.45. The highest BCUT2D eigenvalue weighted by Gasteiger charge is 2.32. The zero-order valence-corrected chi connectivity index (χ0v) is 16.3. The first-order valence-electron chi connectivity index (χ1n) is 10.00. The van der Waals surface area contributed by atoms with Crippen molar-refractivity contribution in [1.29, 1.82) is 0 Å². The van der Waals surface area contributed by atoms with E-state index in [2.05, 4.69) is 47.7 Å². The molecule has 1 aromatic heterocycles. The van der Waals surface area contributed by atoms with Crippen LogP contribution in [0, 0.1) is 19.8 Å². The van der Waals surface area contributed by atoms with Gasteiger partial charge in [-0.3, -0.25) is 9.48 Å². The van der Waals surface area contributed by atoms with Gasteiger partial charge in [0.2, 0.25) is 5.91 Å². The van der Waals surface area contributed by atoms with Crippen LogP contribution in [0.15, 0.2) is 0 Å². The third-order valence-corrected chi connectivity index (χ3v) is 5.63. The molecule has 0 radical (unpaired) electrons. The van der Waals surface area contributed by atoms with Gasteiger partial charge in [0.1, 0.15) is 0 Å². The number of piperidine rings is 1. The van der Waals surface area contributed by atoms with E-state index in [0.717, 1.165) is 50.6 Å². The zero-order valence-electron chi connectivity index (χ0n) is 16.3. The van der Waals surface area contributed by atoms with Crippen molar-refractivity contribution < 1.29 is 4.79 Å². The predicted molar refractivity (Wildman–Crippen MR) is 101 cm³/mol. The van der Waals surface area contributed by atoms with E-state index in [1.165, 1.54) is 24.1 Å². The number of nitrogens with one attached hydrogen (secondary N) is 1. The second kappa shape index (κ2) is 7.90. The smallest absolute Gasteiger partial charge is 0.220 e. The highest BCUT2D eigenvalue weighted by molar-refractivity contribution is 5.76. The zero-order chi connectivity index (χ0) is 18.0. The van der Waals surface area contributed by atoms with Crippen molar-refractivity contribution in [2.45, 2.75) is 84.8 Å². The lowest BCUT2D eigenvalue weighted by Crippen LogP contribution is -2.45. The second-order valence-corrected chi connectivity index (χ2v) is 8.33. The summed E-state index contributed by atoms with van der Waals surface area (Å²) < 4.78 is 2.10. The van der Waals surface area contributed by atoms with Gasteiger partial charge in [-0.25, -0.2) is 0 Å². The number of hydrogen-bond donors (Lipinski definition) is 1. The Morgan fingerprint density at radius 1 is 1.20 bits per heavy atom. The van der Waals surface area contributed by atoms with E-state index in [-0.39, 0.29) is 5.91 Å². The van der Waals surface area contributed by atoms with Crippen molar-refractivity contribution in [1.82, 2.24) is 20.0 Å². The number of rotatable bonds is 7. The summed E-state index contributed by atoms with van der Waals surface area (Å²) in [6, 6.07) is 1.22. The van der Waals surface area contributed by atoms with Gasteiger partial charge >= 0.3 is 0 Å². The third kappa shape index (κ3) is 4.84. The minimum absolute atomic E-state index is 0.195. The summed E-state index contributed by atoms with van der Waals surface area (Å²) in [5.41, 5.74) is 3.54. The topological polar surface area (TPSA) is 50.2 Å². The minimum Gasteiger partial charge on any atom is -0.353 e. The molecule has 1 aromatic rings. The molecule has 1 N–H and O–H groups in total. The molecule has 1 aliphatic carbocycles. The van der Waals surface area contributed by atoms with E-state index >= 15 is 0 Å². The van der Waals surface area contributed by atoms with Gasteiger partial charge in [0, 0.05) is 43.8 Å². The maximum absolute atomic E-state index is 12.4. The number of carbonyl (C=O) groups is 1. The minimum atomic E-state index is 0.195. The van der Waals surface area contributed by atoms with Gasteiger partial charge in [-0.05, 0) is 57.4 Å². The van der Waals surface area contributed by atoms with Crippen LogP contribution >= 0.6 is 0 Å². The lowest BCUT2D eigenvalue weighted by molar-refractivity contribution is -0.122. The van der Waals surface area contributed by atoms with E-state index in [1.54, 1.807) is 0 Å². The van der Waals surface area contributed by atoms with Gasteiger partial charge in [-0.2, -0.15) is 5.10 Å². The normalized spacial score (nSPS) is 19.6. The Bertz CT molecular complexity index is 595. The molecule has 0 atom stereocenters. The molecule has 0 unspecified atom stereocenters. The molecule has 5 nitrogen and oxygen atoms in total. The van der Waals surface area contributed by atoms with Crippen LogP contribution in [0.4, 0.5) is 0 Å². The van der Waals surface area contributed by atoms with Crippen LogP contribution < -0.4 is 5.32 Å². The van der Waals surface area contributed by atoms with E-state index < -0.39 is 0 Å². The Hall–Kier alpha value is -1.36. The molecule has 0 spiro atoms. The van der Waals surface area contributed by atoms with Crippen LogP contribution in [0.25, 0.3) is 0 Å². The average molecular weight is 347 g/mol. The second-order valence-electron chi connectivity index (χ2n) is 8.33. The van der Waals surface area contributed by atoms with Crippen molar-refractivity contribution in [2.24, 2.45) is 5.92 Å². The van der Waals surface area contributed by atoms with Crippen molar-refractivity contribution in [2.75, 3.05) is 13.1 Å². The number of likely N-dealkylation sites (tertiary alicyclic amines) is 1. The van der Waals surface area contributed by atoms with Gasteiger partial charge in [0.05, 0.1) is 5.69 Å². The standard InChI is InChI=1S/C20H34N4O/c1-14(2)13-24-16(4)19(15(3)22-24)7-8-20(25)21-17-9-11-23(12-10-17)18-5-6-18/h14,17-18H,5-13H2,1-4H3,(H,21,25). The number of aromatic nitrogens is 2. The molecule has 25 heavy (non-hydrogen) atoms. The van der Waals surface area contributed by atoms with Gasteiger partial charge in [-0.15, -0.1) is 0 Å². The largest absolute Gasteiger partial charge is 0.353 e. The lowest BCUT2D eigenvalue weighted by atomic mass is 10.0. The van der Waals surface area contributed by atoms with E-state index in [0.29, 0.717) is 18.4 Å². The molecule has 1 saturated heterocycles. The summed E-state index contributed by atoms with van der Waals surface area (Å²) in [5, 5.41) is 7.91. The van der Waals surface area contributed by atoms with Crippen LogP contribution in [-0.2, 0) is 17.8 Å². The predicted octanol–water partition coefficient (Wildman–Crippen LogP) is 2.83. The summed E-state index contributed by atoms with van der Waals surface area (Å²) in [7, 11) is 0. The molecule has 1 saturated carbocycles. The quantitative estimate of drug-likeness (QED) is 0.826. The van der Waals surface area contributed by atoms with Gasteiger partial charge in [0.25, 0.3) is 0 Å². The number of aryl methyl sites for hydroxylation is 1. The van der Waals surface area contributed by atoms with Crippen molar-refractivity contribution in [3.05, 3.63) is 17.0 Å². The van der Waals surface area contributed by atoms with E-state index in [1.807, 2.05) is 0 Å². The molecule has 1 aliphatic heterocycles. The average Bonchev–Trinajstić information content (AvgIpc) is 3.35. The highest BCUT2D eigenvalue weighted by Crippen LogP contribution is 2.29. The first kappa shape index (κ1) is 18.4. The monoisotopic (exact) mass is 346 g/mol. The lowest BCUT2D eigenvalue weighted by Gasteiger charge is -2.32. The summed E-state index contributed by atoms with van der Waals surface area (Å²) in [6.07, 6.45) is 6.32. The molecule has 2 fully saturated rings. The van der Waals surface area contributed by atoms with E-state index in [9.17, 15) is 4.79 Å². The SMILES string of the molecule is Cc1nn(CC(C)C)c(C)c1CCC(=O)NC1CCN(C2CC2)CC1. The number of amides is 1. The van der Waals surface area contributed by atoms with Crippen LogP contribution in [0.1, 0.15) is 62.9 Å². The van der Waals surface area contributed by atoms with Crippen LogP contribution in [0.3, 0.4) is 0 Å². The van der Waals surface area contributed by atoms with Gasteiger partial charge in [-0.1, -0.05) is 13.8 Å². The Labute approximate surface area is 152 Å². The maximum Gasteiger partial charge on any atom is 0.220 e. The fraction of sp³-hybridized carbons (Fsp3) is 0.800. The summed E-state index contributed by atoms with van der Waals surface area (Å²) >= 11 is 0. The number of nitrogens with zero attached hydrogens (tertiary/aromatic N) is 3. The Morgan fingerprint density at radius 3 is 2.48 bits per heavy atom. The van der Waals surface area contributed by atoms with E-state index in [4.69, 9.17) is 0 Å².